The molecule has 4 heteroatoms. The summed E-state index contributed by atoms with van der Waals surface area (Å²) in [7, 11) is 2.05. The van der Waals surface area contributed by atoms with Crippen LogP contribution in [-0.2, 0) is 0 Å². The average Bonchev–Trinajstić information content (AvgIpc) is 2.17. The van der Waals surface area contributed by atoms with Gasteiger partial charge >= 0.3 is 0 Å². The first-order valence-electron chi connectivity index (χ1n) is 3.01. The molecule has 0 fully saturated rings. The number of halogens is 2. The molecule has 60 valence electrons. The molecule has 0 saturated carbocycles. The molecule has 0 radical (unpaired) electrons. The lowest BCUT2D eigenvalue weighted by Crippen LogP contribution is -2.23. The van der Waals surface area contributed by atoms with Crippen LogP contribution >= 0.6 is 24.0 Å². The van der Waals surface area contributed by atoms with E-state index in [9.17, 15) is 0 Å². The number of rotatable bonds is 2. The first kappa shape index (κ1) is 9.92. The Hall–Kier alpha value is -0.0800. The fourth-order valence-corrected chi connectivity index (χ4v) is 1.06. The van der Waals surface area contributed by atoms with Crippen molar-refractivity contribution in [2.75, 3.05) is 26.1 Å². The standard InChI is InChI=1S/C6H11ClN2.ClH/c1-8-4-5-9(6-8)3-2-7;/h4-5H,2-3,6H2,1H3;1H. The third kappa shape index (κ3) is 2.67. The predicted octanol–water partition coefficient (Wildman–Crippen LogP) is 1.32. The van der Waals surface area contributed by atoms with E-state index in [1.54, 1.807) is 0 Å². The minimum atomic E-state index is 0. The summed E-state index contributed by atoms with van der Waals surface area (Å²) in [5, 5.41) is 0. The molecule has 1 aliphatic heterocycles. The van der Waals surface area contributed by atoms with Crippen LogP contribution in [0.25, 0.3) is 0 Å². The molecular formula is C6H12Cl2N2. The van der Waals surface area contributed by atoms with Crippen LogP contribution < -0.4 is 0 Å². The lowest BCUT2D eigenvalue weighted by Gasteiger charge is -2.15. The zero-order valence-electron chi connectivity index (χ0n) is 5.96. The van der Waals surface area contributed by atoms with Gasteiger partial charge < -0.3 is 9.80 Å². The van der Waals surface area contributed by atoms with Gasteiger partial charge in [0.1, 0.15) is 0 Å². The summed E-state index contributed by atoms with van der Waals surface area (Å²) >= 11 is 5.54. The van der Waals surface area contributed by atoms with Gasteiger partial charge in [-0.1, -0.05) is 0 Å². The van der Waals surface area contributed by atoms with Gasteiger partial charge in [-0.3, -0.25) is 0 Å². The Morgan fingerprint density at radius 3 is 2.60 bits per heavy atom. The number of nitrogens with zero attached hydrogens (tertiary/aromatic N) is 2. The molecule has 0 aliphatic carbocycles. The zero-order valence-corrected chi connectivity index (χ0v) is 7.53. The monoisotopic (exact) mass is 182 g/mol. The van der Waals surface area contributed by atoms with Crippen molar-refractivity contribution in [1.29, 1.82) is 0 Å². The number of alkyl halides is 1. The Balaban J connectivity index is 0.000000810. The molecule has 0 bridgehead atoms. The van der Waals surface area contributed by atoms with E-state index in [4.69, 9.17) is 11.6 Å². The predicted molar refractivity (Wildman–Crippen MR) is 46.4 cm³/mol. The van der Waals surface area contributed by atoms with Gasteiger partial charge in [0.2, 0.25) is 0 Å². The van der Waals surface area contributed by atoms with Gasteiger partial charge in [0.05, 0.1) is 6.67 Å². The Morgan fingerprint density at radius 2 is 2.20 bits per heavy atom. The van der Waals surface area contributed by atoms with Crippen molar-refractivity contribution in [2.24, 2.45) is 0 Å². The minimum absolute atomic E-state index is 0. The highest BCUT2D eigenvalue weighted by Crippen LogP contribution is 2.02. The molecule has 0 spiro atoms. The molecule has 1 aliphatic rings. The molecule has 0 N–H and O–H groups in total. The molecule has 1 heterocycles. The Morgan fingerprint density at radius 1 is 1.50 bits per heavy atom. The second-order valence-corrected chi connectivity index (χ2v) is 2.58. The molecule has 0 aromatic heterocycles. The van der Waals surface area contributed by atoms with E-state index < -0.39 is 0 Å². The van der Waals surface area contributed by atoms with Gasteiger partial charge in [-0.05, 0) is 0 Å². The summed E-state index contributed by atoms with van der Waals surface area (Å²) < 4.78 is 0. The van der Waals surface area contributed by atoms with Crippen LogP contribution in [0.15, 0.2) is 12.4 Å². The van der Waals surface area contributed by atoms with Crippen molar-refractivity contribution >= 4 is 24.0 Å². The molecule has 0 aromatic carbocycles. The van der Waals surface area contributed by atoms with E-state index in [1.807, 2.05) is 13.2 Å². The lowest BCUT2D eigenvalue weighted by atomic mass is 10.6. The fourth-order valence-electron chi connectivity index (χ4n) is 0.843. The highest BCUT2D eigenvalue weighted by Gasteiger charge is 2.05. The molecule has 0 amide bonds. The molecule has 2 nitrogen and oxygen atoms in total. The van der Waals surface area contributed by atoms with Gasteiger partial charge in [0, 0.05) is 31.9 Å². The maximum Gasteiger partial charge on any atom is 0.0891 e. The van der Waals surface area contributed by atoms with E-state index >= 15 is 0 Å². The number of hydrogen-bond acceptors (Lipinski definition) is 2. The van der Waals surface area contributed by atoms with E-state index in [2.05, 4.69) is 16.0 Å². The Kier molecular flexibility index (Phi) is 4.65. The summed E-state index contributed by atoms with van der Waals surface area (Å²) in [4.78, 5) is 4.29. The first-order valence-corrected chi connectivity index (χ1v) is 3.55. The second-order valence-electron chi connectivity index (χ2n) is 2.20. The largest absolute Gasteiger partial charge is 0.362 e. The van der Waals surface area contributed by atoms with Crippen LogP contribution in [0.1, 0.15) is 0 Å². The SMILES string of the molecule is CN1C=CN(CCCl)C1.Cl. The van der Waals surface area contributed by atoms with Gasteiger partial charge in [0.15, 0.2) is 0 Å². The quantitative estimate of drug-likeness (QED) is 0.595. The highest BCUT2D eigenvalue weighted by atomic mass is 35.5. The lowest BCUT2D eigenvalue weighted by molar-refractivity contribution is 0.309. The first-order chi connectivity index (χ1) is 4.33. The van der Waals surface area contributed by atoms with Crippen LogP contribution in [0, 0.1) is 0 Å². The molecule has 1 rings (SSSR count). The maximum atomic E-state index is 5.54. The van der Waals surface area contributed by atoms with E-state index in [-0.39, 0.29) is 12.4 Å². The molecular weight excluding hydrogens is 171 g/mol. The summed E-state index contributed by atoms with van der Waals surface area (Å²) in [6, 6.07) is 0. The van der Waals surface area contributed by atoms with Crippen molar-refractivity contribution in [3.63, 3.8) is 0 Å². The van der Waals surface area contributed by atoms with Crippen molar-refractivity contribution in [3.8, 4) is 0 Å². The molecule has 10 heavy (non-hydrogen) atoms. The summed E-state index contributed by atoms with van der Waals surface area (Å²) in [5.74, 6) is 0.707. The van der Waals surface area contributed by atoms with Crippen LogP contribution in [0.3, 0.4) is 0 Å². The third-order valence-electron chi connectivity index (χ3n) is 1.31. The van der Waals surface area contributed by atoms with Crippen LogP contribution in [0.2, 0.25) is 0 Å². The van der Waals surface area contributed by atoms with Crippen molar-refractivity contribution < 1.29 is 0 Å². The summed E-state index contributed by atoms with van der Waals surface area (Å²) in [6.07, 6.45) is 4.11. The van der Waals surface area contributed by atoms with Crippen LogP contribution in [0.4, 0.5) is 0 Å². The molecule has 0 saturated heterocycles. The fraction of sp³-hybridized carbons (Fsp3) is 0.667. The van der Waals surface area contributed by atoms with Crippen molar-refractivity contribution in [1.82, 2.24) is 9.80 Å². The summed E-state index contributed by atoms with van der Waals surface area (Å²) in [5.41, 5.74) is 0. The van der Waals surface area contributed by atoms with Gasteiger partial charge in [-0.15, -0.1) is 24.0 Å². The van der Waals surface area contributed by atoms with Gasteiger partial charge in [0.25, 0.3) is 0 Å². The van der Waals surface area contributed by atoms with Gasteiger partial charge in [-0.2, -0.15) is 0 Å². The summed E-state index contributed by atoms with van der Waals surface area (Å²) in [6.45, 7) is 1.93. The van der Waals surface area contributed by atoms with E-state index in [1.165, 1.54) is 0 Å². The maximum absolute atomic E-state index is 5.54. The zero-order chi connectivity index (χ0) is 6.69. The average molecular weight is 183 g/mol. The Labute approximate surface area is 72.8 Å². The van der Waals surface area contributed by atoms with Crippen LogP contribution in [0.5, 0.6) is 0 Å². The Bertz CT molecular complexity index is 116. The normalized spacial score (nSPS) is 15.8. The third-order valence-corrected chi connectivity index (χ3v) is 1.48. The van der Waals surface area contributed by atoms with Gasteiger partial charge in [-0.25, -0.2) is 0 Å². The number of hydrogen-bond donors (Lipinski definition) is 0. The van der Waals surface area contributed by atoms with E-state index in [0.717, 1.165) is 13.2 Å². The topological polar surface area (TPSA) is 6.48 Å². The molecule has 0 unspecified atom stereocenters. The molecule has 0 atom stereocenters. The van der Waals surface area contributed by atoms with Crippen molar-refractivity contribution in [3.05, 3.63) is 12.4 Å². The molecule has 0 aromatic rings. The van der Waals surface area contributed by atoms with Crippen molar-refractivity contribution in [2.45, 2.75) is 0 Å². The second kappa shape index (κ2) is 4.69. The smallest absolute Gasteiger partial charge is 0.0891 e. The highest BCUT2D eigenvalue weighted by molar-refractivity contribution is 6.18. The van der Waals surface area contributed by atoms with E-state index in [0.29, 0.717) is 5.88 Å². The minimum Gasteiger partial charge on any atom is -0.362 e. The van der Waals surface area contributed by atoms with Crippen LogP contribution in [-0.4, -0.2) is 35.9 Å².